The summed E-state index contributed by atoms with van der Waals surface area (Å²) in [6.45, 7) is 4.37. The predicted molar refractivity (Wildman–Crippen MR) is 110 cm³/mol. The third-order valence-electron chi connectivity index (χ3n) is 4.71. The van der Waals surface area contributed by atoms with Gasteiger partial charge in [-0.25, -0.2) is 4.79 Å². The minimum Gasteiger partial charge on any atom is -0.489 e. The van der Waals surface area contributed by atoms with E-state index >= 15 is 0 Å². The molecule has 4 rings (SSSR count). The lowest BCUT2D eigenvalue weighted by Crippen LogP contribution is -2.23. The third kappa shape index (κ3) is 3.80. The Bertz CT molecular complexity index is 1230. The second kappa shape index (κ2) is 7.71. The molecule has 0 spiro atoms. The van der Waals surface area contributed by atoms with Gasteiger partial charge in [0.25, 0.3) is 0 Å². The van der Waals surface area contributed by atoms with Crippen molar-refractivity contribution >= 4 is 0 Å². The first-order valence-electron chi connectivity index (χ1n) is 9.27. The van der Waals surface area contributed by atoms with E-state index in [2.05, 4.69) is 34.5 Å². The number of tetrazole rings is 1. The van der Waals surface area contributed by atoms with Crippen LogP contribution in [0.25, 0.3) is 16.9 Å². The molecule has 7 heteroatoms. The maximum Gasteiger partial charge on any atom is 0.368 e. The van der Waals surface area contributed by atoms with Gasteiger partial charge >= 0.3 is 5.69 Å². The average molecular weight is 387 g/mol. The number of hydrogen-bond acceptors (Lipinski definition) is 5. The number of benzene rings is 2. The second-order valence-electron chi connectivity index (χ2n) is 6.91. The number of para-hydroxylation sites is 1. The van der Waals surface area contributed by atoms with E-state index in [0.29, 0.717) is 12.3 Å². The van der Waals surface area contributed by atoms with Crippen molar-refractivity contribution in [3.05, 3.63) is 88.0 Å². The molecule has 0 aliphatic heterocycles. The molecule has 2 aromatic heterocycles. The van der Waals surface area contributed by atoms with Crippen molar-refractivity contribution in [1.82, 2.24) is 24.8 Å². The van der Waals surface area contributed by atoms with Crippen LogP contribution < -0.4 is 10.4 Å². The van der Waals surface area contributed by atoms with Crippen LogP contribution >= 0.6 is 0 Å². The van der Waals surface area contributed by atoms with E-state index in [-0.39, 0.29) is 5.69 Å². The van der Waals surface area contributed by atoms with Gasteiger partial charge < -0.3 is 4.74 Å². The SMILES string of the molecule is Cc1ccnc(-c2ccc(OCc3ccccc3-n3nnn(C)c3=O)c(C)c2)c1. The molecular weight excluding hydrogens is 366 g/mol. The van der Waals surface area contributed by atoms with Gasteiger partial charge in [-0.05, 0) is 71.8 Å². The topological polar surface area (TPSA) is 74.8 Å². The largest absolute Gasteiger partial charge is 0.489 e. The maximum atomic E-state index is 12.2. The zero-order valence-corrected chi connectivity index (χ0v) is 16.5. The van der Waals surface area contributed by atoms with Gasteiger partial charge in [0, 0.05) is 24.4 Å². The van der Waals surface area contributed by atoms with E-state index in [1.807, 2.05) is 55.6 Å². The number of aryl methyl sites for hydroxylation is 3. The molecule has 29 heavy (non-hydrogen) atoms. The van der Waals surface area contributed by atoms with Crippen molar-refractivity contribution in [2.75, 3.05) is 0 Å². The Morgan fingerprint density at radius 1 is 1.00 bits per heavy atom. The van der Waals surface area contributed by atoms with Gasteiger partial charge in [0.05, 0.1) is 11.4 Å². The molecular formula is C22H21N5O2. The Morgan fingerprint density at radius 3 is 2.55 bits per heavy atom. The van der Waals surface area contributed by atoms with Gasteiger partial charge in [-0.3, -0.25) is 4.98 Å². The van der Waals surface area contributed by atoms with Gasteiger partial charge in [-0.2, -0.15) is 9.36 Å². The van der Waals surface area contributed by atoms with E-state index in [1.54, 1.807) is 7.05 Å². The summed E-state index contributed by atoms with van der Waals surface area (Å²) < 4.78 is 8.53. The van der Waals surface area contributed by atoms with Gasteiger partial charge in [-0.15, -0.1) is 0 Å². The molecule has 0 atom stereocenters. The van der Waals surface area contributed by atoms with E-state index in [0.717, 1.165) is 28.1 Å². The molecule has 0 aliphatic carbocycles. The quantitative estimate of drug-likeness (QED) is 0.526. The van der Waals surface area contributed by atoms with Crippen LogP contribution in [0.1, 0.15) is 16.7 Å². The highest BCUT2D eigenvalue weighted by molar-refractivity contribution is 5.62. The Morgan fingerprint density at radius 2 is 1.83 bits per heavy atom. The summed E-state index contributed by atoms with van der Waals surface area (Å²) in [5.74, 6) is 0.780. The van der Waals surface area contributed by atoms with Crippen LogP contribution in [0.4, 0.5) is 0 Å². The van der Waals surface area contributed by atoms with Crippen molar-refractivity contribution in [3.8, 4) is 22.7 Å². The summed E-state index contributed by atoms with van der Waals surface area (Å²) in [7, 11) is 1.57. The predicted octanol–water partition coefficient (Wildman–Crippen LogP) is 3.22. The molecule has 0 bridgehead atoms. The van der Waals surface area contributed by atoms with Gasteiger partial charge in [0.2, 0.25) is 0 Å². The first-order valence-corrected chi connectivity index (χ1v) is 9.27. The minimum atomic E-state index is -0.302. The van der Waals surface area contributed by atoms with Crippen molar-refractivity contribution < 1.29 is 4.74 Å². The smallest absolute Gasteiger partial charge is 0.368 e. The van der Waals surface area contributed by atoms with Crippen LogP contribution in [0.15, 0.2) is 65.6 Å². The van der Waals surface area contributed by atoms with Crippen LogP contribution in [0, 0.1) is 13.8 Å². The second-order valence-corrected chi connectivity index (χ2v) is 6.91. The summed E-state index contributed by atoms with van der Waals surface area (Å²) in [4.78, 5) is 16.6. The first-order chi connectivity index (χ1) is 14.0. The lowest BCUT2D eigenvalue weighted by Gasteiger charge is -2.13. The third-order valence-corrected chi connectivity index (χ3v) is 4.71. The number of rotatable bonds is 5. The molecule has 146 valence electrons. The molecule has 0 saturated carbocycles. The van der Waals surface area contributed by atoms with Crippen molar-refractivity contribution in [3.63, 3.8) is 0 Å². The maximum absolute atomic E-state index is 12.2. The van der Waals surface area contributed by atoms with Crippen LogP contribution in [0.3, 0.4) is 0 Å². The molecule has 0 fully saturated rings. The Balaban J connectivity index is 1.57. The fraction of sp³-hybridized carbons (Fsp3) is 0.182. The molecule has 0 radical (unpaired) electrons. The zero-order valence-electron chi connectivity index (χ0n) is 16.5. The standard InChI is InChI=1S/C22H21N5O2/c1-15-10-11-23-19(12-15)17-8-9-21(16(2)13-17)29-14-18-6-4-5-7-20(18)27-22(28)26(3)24-25-27/h4-13H,14H2,1-3H3. The molecule has 7 nitrogen and oxygen atoms in total. The highest BCUT2D eigenvalue weighted by Crippen LogP contribution is 2.26. The van der Waals surface area contributed by atoms with E-state index in [9.17, 15) is 4.79 Å². The molecule has 4 aromatic rings. The lowest BCUT2D eigenvalue weighted by molar-refractivity contribution is 0.303. The van der Waals surface area contributed by atoms with Gasteiger partial charge in [0.15, 0.2) is 0 Å². The Labute approximate surface area is 168 Å². The summed E-state index contributed by atoms with van der Waals surface area (Å²) in [6, 6.07) is 17.6. The van der Waals surface area contributed by atoms with E-state index in [1.165, 1.54) is 14.9 Å². The van der Waals surface area contributed by atoms with E-state index in [4.69, 9.17) is 4.74 Å². The minimum absolute atomic E-state index is 0.302. The summed E-state index contributed by atoms with van der Waals surface area (Å²) in [6.07, 6.45) is 1.82. The van der Waals surface area contributed by atoms with Crippen LogP contribution in [0.2, 0.25) is 0 Å². The molecule has 0 unspecified atom stereocenters. The highest BCUT2D eigenvalue weighted by Gasteiger charge is 2.12. The van der Waals surface area contributed by atoms with Crippen LogP contribution in [-0.2, 0) is 13.7 Å². The van der Waals surface area contributed by atoms with Crippen molar-refractivity contribution in [2.24, 2.45) is 7.05 Å². The Kier molecular flexibility index (Phi) is 4.95. The van der Waals surface area contributed by atoms with Crippen LogP contribution in [-0.4, -0.2) is 24.8 Å². The molecule has 2 heterocycles. The number of hydrogen-bond donors (Lipinski definition) is 0. The average Bonchev–Trinajstić information content (AvgIpc) is 3.06. The number of pyridine rings is 1. The molecule has 0 aliphatic rings. The number of nitrogens with zero attached hydrogens (tertiary/aromatic N) is 5. The molecule has 0 saturated heterocycles. The zero-order chi connectivity index (χ0) is 20.4. The fourth-order valence-corrected chi connectivity index (χ4v) is 3.12. The van der Waals surface area contributed by atoms with Gasteiger partial charge in [0.1, 0.15) is 12.4 Å². The summed E-state index contributed by atoms with van der Waals surface area (Å²) in [5.41, 5.74) is 5.37. The normalized spacial score (nSPS) is 10.9. The van der Waals surface area contributed by atoms with Crippen LogP contribution in [0.5, 0.6) is 5.75 Å². The lowest BCUT2D eigenvalue weighted by atomic mass is 10.1. The molecule has 2 aromatic carbocycles. The van der Waals surface area contributed by atoms with E-state index < -0.39 is 0 Å². The molecule has 0 amide bonds. The Hall–Kier alpha value is -3.74. The summed E-state index contributed by atoms with van der Waals surface area (Å²) >= 11 is 0. The monoisotopic (exact) mass is 387 g/mol. The molecule has 0 N–H and O–H groups in total. The first kappa shape index (κ1) is 18.6. The van der Waals surface area contributed by atoms with Gasteiger partial charge in [-0.1, -0.05) is 18.2 Å². The van der Waals surface area contributed by atoms with Crippen molar-refractivity contribution in [2.45, 2.75) is 20.5 Å². The number of ether oxygens (including phenoxy) is 1. The fourth-order valence-electron chi connectivity index (χ4n) is 3.12. The highest BCUT2D eigenvalue weighted by atomic mass is 16.5. The van der Waals surface area contributed by atoms with Crippen molar-refractivity contribution in [1.29, 1.82) is 0 Å². The number of aromatic nitrogens is 5. The summed E-state index contributed by atoms with van der Waals surface area (Å²) in [5, 5.41) is 7.71.